The zero-order valence-electron chi connectivity index (χ0n) is 14.2. The van der Waals surface area contributed by atoms with Crippen LogP contribution in [-0.2, 0) is 13.5 Å². The predicted octanol–water partition coefficient (Wildman–Crippen LogP) is 1.91. The van der Waals surface area contributed by atoms with Gasteiger partial charge in [0.15, 0.2) is 0 Å². The summed E-state index contributed by atoms with van der Waals surface area (Å²) in [5.41, 5.74) is 1.37. The van der Waals surface area contributed by atoms with Crippen molar-refractivity contribution in [2.45, 2.75) is 6.42 Å². The predicted molar refractivity (Wildman–Crippen MR) is 96.0 cm³/mol. The van der Waals surface area contributed by atoms with Gasteiger partial charge in [-0.05, 0) is 36.2 Å². The van der Waals surface area contributed by atoms with E-state index in [4.69, 9.17) is 4.74 Å². The maximum absolute atomic E-state index is 12.4. The van der Waals surface area contributed by atoms with Crippen molar-refractivity contribution < 1.29 is 9.53 Å². The lowest BCUT2D eigenvalue weighted by atomic mass is 10.1. The Kier molecular flexibility index (Phi) is 4.79. The lowest BCUT2D eigenvalue weighted by molar-refractivity contribution is 0.0939. The third-order valence-electron chi connectivity index (χ3n) is 4.04. The first-order chi connectivity index (χ1) is 12.1. The lowest BCUT2D eigenvalue weighted by Crippen LogP contribution is -2.33. The maximum Gasteiger partial charge on any atom is 0.287 e. The van der Waals surface area contributed by atoms with E-state index in [-0.39, 0.29) is 17.3 Å². The van der Waals surface area contributed by atoms with E-state index in [1.54, 1.807) is 38.4 Å². The number of carbonyl (C=O) groups excluding carboxylic acids is 1. The molecule has 3 rings (SSSR count). The Labute approximate surface area is 145 Å². The van der Waals surface area contributed by atoms with Gasteiger partial charge in [0.1, 0.15) is 5.75 Å². The minimum Gasteiger partial charge on any atom is -0.497 e. The molecule has 25 heavy (non-hydrogen) atoms. The summed E-state index contributed by atoms with van der Waals surface area (Å²) < 4.78 is 6.40. The molecule has 0 unspecified atom stereocenters. The summed E-state index contributed by atoms with van der Waals surface area (Å²) >= 11 is 0. The molecule has 0 saturated carbocycles. The van der Waals surface area contributed by atoms with Crippen LogP contribution in [0.4, 0.5) is 0 Å². The molecule has 0 radical (unpaired) electrons. The molecule has 1 aromatic heterocycles. The van der Waals surface area contributed by atoms with Crippen LogP contribution >= 0.6 is 0 Å². The Morgan fingerprint density at radius 3 is 2.60 bits per heavy atom. The van der Waals surface area contributed by atoms with Crippen molar-refractivity contribution in [1.82, 2.24) is 14.9 Å². The SMILES string of the molecule is COc1ccc(CCNC(=O)c2nc3ccccc3c(=O)n2C)cc1. The van der Waals surface area contributed by atoms with Gasteiger partial charge in [-0.25, -0.2) is 4.98 Å². The molecule has 2 aromatic carbocycles. The molecular weight excluding hydrogens is 318 g/mol. The van der Waals surface area contributed by atoms with Gasteiger partial charge in [-0.3, -0.25) is 14.2 Å². The number of methoxy groups -OCH3 is 1. The summed E-state index contributed by atoms with van der Waals surface area (Å²) in [6, 6.07) is 14.7. The molecule has 6 nitrogen and oxygen atoms in total. The summed E-state index contributed by atoms with van der Waals surface area (Å²) in [6.07, 6.45) is 0.678. The molecule has 0 aliphatic heterocycles. The fourth-order valence-electron chi connectivity index (χ4n) is 2.61. The third-order valence-corrected chi connectivity index (χ3v) is 4.04. The second kappa shape index (κ2) is 7.17. The third kappa shape index (κ3) is 3.52. The van der Waals surface area contributed by atoms with Gasteiger partial charge in [0.05, 0.1) is 18.0 Å². The maximum atomic E-state index is 12.4. The first kappa shape index (κ1) is 16.7. The fraction of sp³-hybridized carbons (Fsp3) is 0.211. The first-order valence-corrected chi connectivity index (χ1v) is 7.97. The van der Waals surface area contributed by atoms with Crippen LogP contribution in [0, 0.1) is 0 Å². The van der Waals surface area contributed by atoms with Crippen LogP contribution in [0.1, 0.15) is 16.2 Å². The molecule has 3 aromatic rings. The van der Waals surface area contributed by atoms with Crippen LogP contribution in [0.25, 0.3) is 10.9 Å². The number of benzene rings is 2. The Hall–Kier alpha value is -3.15. The Balaban J connectivity index is 1.71. The molecule has 0 spiro atoms. The number of para-hydroxylation sites is 1. The number of ether oxygens (including phenoxy) is 1. The van der Waals surface area contributed by atoms with Gasteiger partial charge >= 0.3 is 0 Å². The van der Waals surface area contributed by atoms with Crippen LogP contribution in [0.2, 0.25) is 0 Å². The van der Waals surface area contributed by atoms with Crippen molar-refractivity contribution in [2.75, 3.05) is 13.7 Å². The van der Waals surface area contributed by atoms with Crippen LogP contribution in [0.3, 0.4) is 0 Å². The molecule has 128 valence electrons. The molecule has 1 heterocycles. The summed E-state index contributed by atoms with van der Waals surface area (Å²) in [4.78, 5) is 29.1. The van der Waals surface area contributed by atoms with E-state index in [0.29, 0.717) is 23.9 Å². The Bertz CT molecular complexity index is 962. The highest BCUT2D eigenvalue weighted by Gasteiger charge is 2.14. The minimum atomic E-state index is -0.362. The molecular formula is C19H19N3O3. The van der Waals surface area contributed by atoms with Crippen molar-refractivity contribution >= 4 is 16.8 Å². The first-order valence-electron chi connectivity index (χ1n) is 7.97. The van der Waals surface area contributed by atoms with E-state index in [2.05, 4.69) is 10.3 Å². The number of fused-ring (bicyclic) bond motifs is 1. The van der Waals surface area contributed by atoms with Crippen LogP contribution < -0.4 is 15.6 Å². The molecule has 0 atom stereocenters. The van der Waals surface area contributed by atoms with Crippen molar-refractivity contribution in [3.05, 3.63) is 70.3 Å². The van der Waals surface area contributed by atoms with Crippen molar-refractivity contribution in [1.29, 1.82) is 0 Å². The lowest BCUT2D eigenvalue weighted by Gasteiger charge is -2.10. The van der Waals surface area contributed by atoms with Gasteiger partial charge in [0.25, 0.3) is 11.5 Å². The molecule has 0 aliphatic carbocycles. The van der Waals surface area contributed by atoms with E-state index in [1.165, 1.54) is 4.57 Å². The second-order valence-electron chi connectivity index (χ2n) is 5.67. The zero-order valence-corrected chi connectivity index (χ0v) is 14.2. The van der Waals surface area contributed by atoms with Gasteiger partial charge in [0.2, 0.25) is 5.82 Å². The standard InChI is InChI=1S/C19H19N3O3/c1-22-17(21-16-6-4-3-5-15(16)19(22)24)18(23)20-12-11-13-7-9-14(25-2)10-8-13/h3-10H,11-12H2,1-2H3,(H,20,23). The highest BCUT2D eigenvalue weighted by atomic mass is 16.5. The quantitative estimate of drug-likeness (QED) is 0.772. The number of aromatic nitrogens is 2. The topological polar surface area (TPSA) is 73.2 Å². The van der Waals surface area contributed by atoms with Crippen molar-refractivity contribution in [3.8, 4) is 5.75 Å². The number of nitrogens with one attached hydrogen (secondary N) is 1. The van der Waals surface area contributed by atoms with Crippen molar-refractivity contribution in [3.63, 3.8) is 0 Å². The Morgan fingerprint density at radius 2 is 1.88 bits per heavy atom. The summed E-state index contributed by atoms with van der Waals surface area (Å²) in [5.74, 6) is 0.542. The van der Waals surface area contributed by atoms with Crippen LogP contribution in [0.5, 0.6) is 5.75 Å². The fourth-order valence-corrected chi connectivity index (χ4v) is 2.61. The molecule has 0 aliphatic rings. The number of hydrogen-bond acceptors (Lipinski definition) is 4. The van der Waals surface area contributed by atoms with Crippen LogP contribution in [-0.4, -0.2) is 29.1 Å². The highest BCUT2D eigenvalue weighted by molar-refractivity contribution is 5.92. The Morgan fingerprint density at radius 1 is 1.16 bits per heavy atom. The molecule has 1 amide bonds. The number of carbonyl (C=O) groups is 1. The monoisotopic (exact) mass is 337 g/mol. The van der Waals surface area contributed by atoms with Gasteiger partial charge in [0, 0.05) is 13.6 Å². The van der Waals surface area contributed by atoms with Crippen LogP contribution in [0.15, 0.2) is 53.3 Å². The summed E-state index contributed by atoms with van der Waals surface area (Å²) in [5, 5.41) is 3.32. The van der Waals surface area contributed by atoms with E-state index in [1.807, 2.05) is 24.3 Å². The normalized spacial score (nSPS) is 10.6. The molecule has 0 fully saturated rings. The molecule has 6 heteroatoms. The number of hydrogen-bond donors (Lipinski definition) is 1. The number of amides is 1. The average molecular weight is 337 g/mol. The minimum absolute atomic E-state index is 0.110. The second-order valence-corrected chi connectivity index (χ2v) is 5.67. The number of rotatable bonds is 5. The van der Waals surface area contributed by atoms with Gasteiger partial charge in [-0.15, -0.1) is 0 Å². The highest BCUT2D eigenvalue weighted by Crippen LogP contribution is 2.11. The summed E-state index contributed by atoms with van der Waals surface area (Å²) in [7, 11) is 3.18. The smallest absolute Gasteiger partial charge is 0.287 e. The zero-order chi connectivity index (χ0) is 17.8. The van der Waals surface area contributed by atoms with E-state index in [0.717, 1.165) is 11.3 Å². The molecule has 0 saturated heterocycles. The molecule has 1 N–H and O–H groups in total. The van der Waals surface area contributed by atoms with E-state index >= 15 is 0 Å². The average Bonchev–Trinajstić information content (AvgIpc) is 2.65. The number of nitrogens with zero attached hydrogens (tertiary/aromatic N) is 2. The summed E-state index contributed by atoms with van der Waals surface area (Å²) in [6.45, 7) is 0.452. The van der Waals surface area contributed by atoms with Gasteiger partial charge in [-0.1, -0.05) is 24.3 Å². The van der Waals surface area contributed by atoms with Gasteiger partial charge < -0.3 is 10.1 Å². The van der Waals surface area contributed by atoms with Gasteiger partial charge in [-0.2, -0.15) is 0 Å². The van der Waals surface area contributed by atoms with E-state index < -0.39 is 0 Å². The van der Waals surface area contributed by atoms with Crippen molar-refractivity contribution in [2.24, 2.45) is 7.05 Å². The van der Waals surface area contributed by atoms with E-state index in [9.17, 15) is 9.59 Å². The molecule has 0 bridgehead atoms. The largest absolute Gasteiger partial charge is 0.497 e.